The number of hydrogen-bond donors (Lipinski definition) is 0. The summed E-state index contributed by atoms with van der Waals surface area (Å²) in [6, 6.07) is 82.9. The number of para-hydroxylation sites is 5. The van der Waals surface area contributed by atoms with E-state index in [2.05, 4.69) is 240 Å². The van der Waals surface area contributed by atoms with E-state index in [1.807, 2.05) is 0 Å². The van der Waals surface area contributed by atoms with Gasteiger partial charge in [0.05, 0.1) is 22.4 Å². The van der Waals surface area contributed by atoms with Crippen LogP contribution in [0.3, 0.4) is 0 Å². The average molecular weight is 715 g/mol. The maximum atomic E-state index is 2.46. The molecule has 0 amide bonds. The Morgan fingerprint density at radius 2 is 0.768 bits per heavy atom. The number of anilines is 3. The van der Waals surface area contributed by atoms with Gasteiger partial charge in [0.15, 0.2) is 0 Å². The molecule has 0 unspecified atom stereocenters. The molecular weight excluding hydrogens is 677 g/mol. The second-order valence-corrected chi connectivity index (χ2v) is 14.1. The van der Waals surface area contributed by atoms with Crippen molar-refractivity contribution in [1.82, 2.24) is 4.57 Å². The molecule has 0 saturated carbocycles. The van der Waals surface area contributed by atoms with Crippen molar-refractivity contribution in [2.45, 2.75) is 0 Å². The first-order chi connectivity index (χ1) is 27.8. The molecule has 2 heteroatoms. The number of benzene rings is 9. The highest BCUT2D eigenvalue weighted by Crippen LogP contribution is 2.43. The summed E-state index contributed by atoms with van der Waals surface area (Å²) in [6.45, 7) is 0. The lowest BCUT2D eigenvalue weighted by molar-refractivity contribution is 1.18. The first-order valence-electron chi connectivity index (χ1n) is 19.2. The number of hydrogen-bond acceptors (Lipinski definition) is 1. The van der Waals surface area contributed by atoms with Gasteiger partial charge in [0.25, 0.3) is 0 Å². The van der Waals surface area contributed by atoms with Crippen LogP contribution in [0.5, 0.6) is 0 Å². The zero-order valence-electron chi connectivity index (χ0n) is 30.8. The van der Waals surface area contributed by atoms with Gasteiger partial charge in [-0.3, -0.25) is 0 Å². The van der Waals surface area contributed by atoms with Gasteiger partial charge < -0.3 is 9.47 Å². The van der Waals surface area contributed by atoms with Crippen molar-refractivity contribution in [2.24, 2.45) is 0 Å². The van der Waals surface area contributed by atoms with E-state index in [1.54, 1.807) is 0 Å². The third-order valence-electron chi connectivity index (χ3n) is 10.8. The minimum atomic E-state index is 1.12. The molecule has 1 heterocycles. The number of fused-ring (bicyclic) bond motifs is 3. The van der Waals surface area contributed by atoms with Crippen LogP contribution in [-0.4, -0.2) is 4.57 Å². The van der Waals surface area contributed by atoms with E-state index < -0.39 is 0 Å². The van der Waals surface area contributed by atoms with Gasteiger partial charge in [-0.05, 0) is 81.9 Å². The fraction of sp³-hybridized carbons (Fsp3) is 0. The third kappa shape index (κ3) is 5.95. The molecule has 2 nitrogen and oxygen atoms in total. The van der Waals surface area contributed by atoms with Crippen LogP contribution in [-0.2, 0) is 0 Å². The van der Waals surface area contributed by atoms with Crippen molar-refractivity contribution in [1.29, 1.82) is 0 Å². The Labute approximate surface area is 327 Å². The molecule has 0 saturated heterocycles. The summed E-state index contributed by atoms with van der Waals surface area (Å²) in [5.74, 6) is 0. The molecule has 0 aliphatic carbocycles. The van der Waals surface area contributed by atoms with Crippen LogP contribution in [0.1, 0.15) is 0 Å². The smallest absolute Gasteiger partial charge is 0.0547 e. The fourth-order valence-corrected chi connectivity index (χ4v) is 8.23. The summed E-state index contributed by atoms with van der Waals surface area (Å²) in [7, 11) is 0. The fourth-order valence-electron chi connectivity index (χ4n) is 8.23. The Hall–Kier alpha value is -7.42. The minimum Gasteiger partial charge on any atom is -0.310 e. The van der Waals surface area contributed by atoms with Crippen molar-refractivity contribution in [3.8, 4) is 50.2 Å². The van der Waals surface area contributed by atoms with Crippen molar-refractivity contribution >= 4 is 38.9 Å². The van der Waals surface area contributed by atoms with E-state index >= 15 is 0 Å². The van der Waals surface area contributed by atoms with E-state index in [9.17, 15) is 0 Å². The molecule has 0 aliphatic heterocycles. The predicted octanol–water partition coefficient (Wildman–Crippen LogP) is 14.9. The summed E-state index contributed by atoms with van der Waals surface area (Å²) < 4.78 is 2.46. The van der Waals surface area contributed by atoms with Crippen molar-refractivity contribution in [3.05, 3.63) is 231 Å². The van der Waals surface area contributed by atoms with E-state index in [0.717, 1.165) is 22.7 Å². The highest BCUT2D eigenvalue weighted by molar-refractivity contribution is 6.11. The van der Waals surface area contributed by atoms with Gasteiger partial charge in [0, 0.05) is 33.3 Å². The Balaban J connectivity index is 1.09. The molecule has 1 aromatic heterocycles. The number of nitrogens with zero attached hydrogens (tertiary/aromatic N) is 2. The van der Waals surface area contributed by atoms with Crippen LogP contribution >= 0.6 is 0 Å². The Morgan fingerprint density at radius 3 is 1.48 bits per heavy atom. The van der Waals surface area contributed by atoms with Crippen molar-refractivity contribution in [2.75, 3.05) is 4.90 Å². The summed E-state index contributed by atoms with van der Waals surface area (Å²) in [5.41, 5.74) is 16.5. The van der Waals surface area contributed by atoms with Gasteiger partial charge in [0.2, 0.25) is 0 Å². The molecule has 264 valence electrons. The van der Waals surface area contributed by atoms with E-state index in [-0.39, 0.29) is 0 Å². The van der Waals surface area contributed by atoms with Gasteiger partial charge in [-0.2, -0.15) is 0 Å². The second kappa shape index (κ2) is 14.4. The van der Waals surface area contributed by atoms with Crippen LogP contribution in [0.15, 0.2) is 231 Å². The molecule has 0 aliphatic rings. The molecule has 10 aromatic rings. The minimum absolute atomic E-state index is 1.12. The van der Waals surface area contributed by atoms with E-state index in [0.29, 0.717) is 0 Å². The predicted molar refractivity (Wildman–Crippen MR) is 237 cm³/mol. The zero-order valence-corrected chi connectivity index (χ0v) is 30.8. The third-order valence-corrected chi connectivity index (χ3v) is 10.8. The van der Waals surface area contributed by atoms with Crippen LogP contribution in [0, 0.1) is 0 Å². The molecule has 56 heavy (non-hydrogen) atoms. The number of aromatic nitrogens is 1. The Bertz CT molecular complexity index is 2910. The highest BCUT2D eigenvalue weighted by Gasteiger charge is 2.19. The highest BCUT2D eigenvalue weighted by atomic mass is 15.1. The molecule has 0 N–H and O–H groups in total. The van der Waals surface area contributed by atoms with Crippen LogP contribution in [0.2, 0.25) is 0 Å². The Kier molecular flexibility index (Phi) is 8.55. The first kappa shape index (κ1) is 33.2. The molecular formula is C54H38N2. The second-order valence-electron chi connectivity index (χ2n) is 14.1. The van der Waals surface area contributed by atoms with Crippen LogP contribution < -0.4 is 4.90 Å². The first-order valence-corrected chi connectivity index (χ1v) is 19.2. The summed E-state index contributed by atoms with van der Waals surface area (Å²) in [4.78, 5) is 2.34. The molecule has 0 spiro atoms. The quantitative estimate of drug-likeness (QED) is 0.152. The lowest BCUT2D eigenvalue weighted by Crippen LogP contribution is -2.10. The van der Waals surface area contributed by atoms with Gasteiger partial charge >= 0.3 is 0 Å². The van der Waals surface area contributed by atoms with Gasteiger partial charge in [-0.25, -0.2) is 0 Å². The van der Waals surface area contributed by atoms with Crippen LogP contribution in [0.25, 0.3) is 72.0 Å². The number of rotatable bonds is 8. The molecule has 9 aromatic carbocycles. The van der Waals surface area contributed by atoms with Gasteiger partial charge in [-0.1, -0.05) is 182 Å². The molecule has 0 atom stereocenters. The van der Waals surface area contributed by atoms with Crippen molar-refractivity contribution in [3.63, 3.8) is 0 Å². The molecule has 10 rings (SSSR count). The zero-order chi connectivity index (χ0) is 37.3. The molecule has 0 bridgehead atoms. The van der Waals surface area contributed by atoms with E-state index in [1.165, 1.54) is 66.3 Å². The lowest BCUT2D eigenvalue weighted by Gasteiger charge is -2.27. The lowest BCUT2D eigenvalue weighted by atomic mass is 9.93. The SMILES string of the molecule is c1ccc(-c2ccccc2-c2ccccc2-n2c3ccccc3c3ccc(-c4ccc(-c5ccccc5N(c5ccccc5)c5ccccc5)cc4)cc32)cc1. The molecule has 0 radical (unpaired) electrons. The standard InChI is InChI=1S/C54H38N2/c1-4-18-40(19-5-1)45-24-10-11-26-47(45)48-27-13-16-30-52(48)56-53-31-17-14-28-49(53)50-37-36-42(38-54(50)56)39-32-34-41(35-33-39)46-25-12-15-29-51(46)55(43-20-6-2-7-21-43)44-22-8-3-9-23-44/h1-38H. The average Bonchev–Trinajstić information content (AvgIpc) is 3.61. The van der Waals surface area contributed by atoms with E-state index in [4.69, 9.17) is 0 Å². The summed E-state index contributed by atoms with van der Waals surface area (Å²) >= 11 is 0. The van der Waals surface area contributed by atoms with Gasteiger partial charge in [0.1, 0.15) is 0 Å². The largest absolute Gasteiger partial charge is 0.310 e. The van der Waals surface area contributed by atoms with Gasteiger partial charge in [-0.15, -0.1) is 0 Å². The summed E-state index contributed by atoms with van der Waals surface area (Å²) in [5, 5.41) is 2.48. The molecule has 0 fully saturated rings. The Morgan fingerprint density at radius 1 is 0.286 bits per heavy atom. The van der Waals surface area contributed by atoms with Crippen LogP contribution in [0.4, 0.5) is 17.1 Å². The maximum absolute atomic E-state index is 2.46. The maximum Gasteiger partial charge on any atom is 0.0547 e. The normalized spacial score (nSPS) is 11.2. The summed E-state index contributed by atoms with van der Waals surface area (Å²) in [6.07, 6.45) is 0. The topological polar surface area (TPSA) is 8.17 Å². The monoisotopic (exact) mass is 714 g/mol. The van der Waals surface area contributed by atoms with Crippen molar-refractivity contribution < 1.29 is 0 Å².